The van der Waals surface area contributed by atoms with Gasteiger partial charge in [0.2, 0.25) is 0 Å². The number of hydroxylamine groups is 2. The summed E-state index contributed by atoms with van der Waals surface area (Å²) in [7, 11) is 0. The van der Waals surface area contributed by atoms with Crippen LogP contribution in [0.4, 0.5) is 4.79 Å². The first-order chi connectivity index (χ1) is 10.2. The number of nitrogens with zero attached hydrogens (tertiary/aromatic N) is 2. The molecule has 3 fully saturated rings. The van der Waals surface area contributed by atoms with Gasteiger partial charge in [-0.2, -0.15) is 5.06 Å². The van der Waals surface area contributed by atoms with E-state index in [1.165, 1.54) is 4.90 Å². The van der Waals surface area contributed by atoms with Crippen LogP contribution in [-0.4, -0.2) is 58.8 Å². The Balaban J connectivity index is 1.61. The maximum absolute atomic E-state index is 12.5. The van der Waals surface area contributed by atoms with Gasteiger partial charge < -0.3 is 10.2 Å². The van der Waals surface area contributed by atoms with Crippen molar-refractivity contribution in [3.63, 3.8) is 0 Å². The molecule has 3 aliphatic heterocycles. The third kappa shape index (κ3) is 2.89. The number of hydrogen-bond donors (Lipinski definition) is 2. The maximum atomic E-state index is 12.5. The predicted octanol–water partition coefficient (Wildman–Crippen LogP) is 0.550. The van der Waals surface area contributed by atoms with Crippen LogP contribution in [0.1, 0.15) is 32.1 Å². The van der Waals surface area contributed by atoms with Gasteiger partial charge in [-0.1, -0.05) is 4.99 Å². The van der Waals surface area contributed by atoms with Crippen LogP contribution >= 0.6 is 0 Å². The highest BCUT2D eigenvalue weighted by molar-refractivity contribution is 5.90. The minimum absolute atomic E-state index is 0.139. The highest BCUT2D eigenvalue weighted by Gasteiger charge is 2.48. The molecule has 21 heavy (non-hydrogen) atoms. The van der Waals surface area contributed by atoms with E-state index in [9.17, 15) is 9.59 Å². The lowest BCUT2D eigenvalue weighted by atomic mass is 9.88. The number of hydrogen-bond acceptors (Lipinski definition) is 6. The molecular formula is C13H21N3O5. The molecule has 3 saturated heterocycles. The standard InChI is InChI=1S/C13H21N3O5/c17-12(7-9-3-5-14-6-4-9)11-2-1-10-8-15(11)13(18)16(10)20-21-19/h9-11,14,19H,1-8H2/t10-,11?/m1/s1. The second-order valence-corrected chi connectivity index (χ2v) is 6.02. The van der Waals surface area contributed by atoms with Gasteiger partial charge in [-0.25, -0.2) is 10.1 Å². The molecule has 2 bridgehead atoms. The molecule has 8 heteroatoms. The number of piperidine rings is 2. The number of urea groups is 1. The minimum Gasteiger partial charge on any atom is -0.317 e. The van der Waals surface area contributed by atoms with Gasteiger partial charge in [0.15, 0.2) is 5.78 Å². The Morgan fingerprint density at radius 3 is 2.76 bits per heavy atom. The summed E-state index contributed by atoms with van der Waals surface area (Å²) in [5.74, 6) is 0.558. The molecule has 0 aromatic rings. The zero-order chi connectivity index (χ0) is 14.8. The van der Waals surface area contributed by atoms with E-state index in [2.05, 4.69) is 15.3 Å². The van der Waals surface area contributed by atoms with E-state index in [0.29, 0.717) is 31.7 Å². The number of nitrogens with one attached hydrogen (secondary N) is 1. The summed E-state index contributed by atoms with van der Waals surface area (Å²) in [4.78, 5) is 30.7. The van der Waals surface area contributed by atoms with Crippen molar-refractivity contribution in [2.75, 3.05) is 19.6 Å². The zero-order valence-corrected chi connectivity index (χ0v) is 11.9. The Kier molecular flexibility index (Phi) is 4.39. The number of Topliss-reactive ketones (excluding diaryl/α,β-unsaturated/α-hetero) is 1. The molecule has 0 saturated carbocycles. The van der Waals surface area contributed by atoms with E-state index in [1.54, 1.807) is 0 Å². The van der Waals surface area contributed by atoms with Crippen molar-refractivity contribution in [3.8, 4) is 0 Å². The second-order valence-electron chi connectivity index (χ2n) is 6.02. The van der Waals surface area contributed by atoms with Crippen molar-refractivity contribution in [2.24, 2.45) is 5.92 Å². The molecule has 0 aromatic carbocycles. The molecule has 8 nitrogen and oxygen atoms in total. The number of rotatable bonds is 5. The fourth-order valence-corrected chi connectivity index (χ4v) is 3.61. The molecule has 2 amide bonds. The summed E-state index contributed by atoms with van der Waals surface area (Å²) in [6.45, 7) is 2.37. The van der Waals surface area contributed by atoms with Crippen molar-refractivity contribution in [1.82, 2.24) is 15.3 Å². The summed E-state index contributed by atoms with van der Waals surface area (Å²) >= 11 is 0. The summed E-state index contributed by atoms with van der Waals surface area (Å²) in [5.41, 5.74) is 0. The third-order valence-electron chi connectivity index (χ3n) is 4.76. The molecule has 0 aromatic heterocycles. The van der Waals surface area contributed by atoms with E-state index in [4.69, 9.17) is 5.26 Å². The average Bonchev–Trinajstić information content (AvgIpc) is 2.74. The molecule has 3 aliphatic rings. The Morgan fingerprint density at radius 1 is 1.29 bits per heavy atom. The fourth-order valence-electron chi connectivity index (χ4n) is 3.61. The number of amides is 2. The number of ketones is 1. The normalized spacial score (nSPS) is 30.0. The van der Waals surface area contributed by atoms with Gasteiger partial charge in [-0.15, -0.1) is 0 Å². The van der Waals surface area contributed by atoms with E-state index in [-0.39, 0.29) is 17.9 Å². The average molecular weight is 299 g/mol. The van der Waals surface area contributed by atoms with Gasteiger partial charge in [-0.3, -0.25) is 4.79 Å². The van der Waals surface area contributed by atoms with Crippen LogP contribution in [0.5, 0.6) is 0 Å². The lowest BCUT2D eigenvalue weighted by Crippen LogP contribution is -2.45. The molecule has 2 N–H and O–H groups in total. The molecule has 118 valence electrons. The first-order valence-corrected chi connectivity index (χ1v) is 7.52. The Labute approximate surface area is 122 Å². The molecule has 0 spiro atoms. The third-order valence-corrected chi connectivity index (χ3v) is 4.76. The van der Waals surface area contributed by atoms with E-state index in [0.717, 1.165) is 31.0 Å². The van der Waals surface area contributed by atoms with Crippen LogP contribution in [-0.2, 0) is 14.8 Å². The first-order valence-electron chi connectivity index (χ1n) is 7.52. The van der Waals surface area contributed by atoms with Gasteiger partial charge in [0, 0.05) is 13.0 Å². The van der Waals surface area contributed by atoms with Crippen molar-refractivity contribution in [1.29, 1.82) is 0 Å². The predicted molar refractivity (Wildman–Crippen MR) is 70.8 cm³/mol. The van der Waals surface area contributed by atoms with Gasteiger partial charge in [0.1, 0.15) is 0 Å². The fraction of sp³-hybridized carbons (Fsp3) is 0.846. The summed E-state index contributed by atoms with van der Waals surface area (Å²) in [5, 5.41) is 16.3. The van der Waals surface area contributed by atoms with Crippen molar-refractivity contribution < 1.29 is 24.9 Å². The monoisotopic (exact) mass is 299 g/mol. The minimum atomic E-state index is -0.407. The highest BCUT2D eigenvalue weighted by Crippen LogP contribution is 2.32. The second kappa shape index (κ2) is 6.27. The summed E-state index contributed by atoms with van der Waals surface area (Å²) in [6.07, 6.45) is 3.89. The number of carbonyl (C=O) groups excluding carboxylic acids is 2. The van der Waals surface area contributed by atoms with Gasteiger partial charge in [-0.05, 0) is 49.7 Å². The molecule has 1 unspecified atom stereocenters. The zero-order valence-electron chi connectivity index (χ0n) is 11.9. The molecule has 2 atom stereocenters. The van der Waals surface area contributed by atoms with Crippen LogP contribution in [0.15, 0.2) is 0 Å². The first kappa shape index (κ1) is 14.7. The summed E-state index contributed by atoms with van der Waals surface area (Å²) < 4.78 is 0. The lowest BCUT2D eigenvalue weighted by molar-refractivity contribution is -0.556. The Morgan fingerprint density at radius 2 is 2.05 bits per heavy atom. The van der Waals surface area contributed by atoms with E-state index >= 15 is 0 Å². The highest BCUT2D eigenvalue weighted by atomic mass is 17.5. The molecule has 3 heterocycles. The van der Waals surface area contributed by atoms with Gasteiger partial charge in [0.25, 0.3) is 0 Å². The number of fused-ring (bicyclic) bond motifs is 2. The smallest absolute Gasteiger partial charge is 0.317 e. The largest absolute Gasteiger partial charge is 0.347 e. The van der Waals surface area contributed by atoms with Crippen LogP contribution in [0.3, 0.4) is 0 Å². The van der Waals surface area contributed by atoms with Crippen LogP contribution in [0.25, 0.3) is 0 Å². The molecule has 0 aliphatic carbocycles. The van der Waals surface area contributed by atoms with Crippen LogP contribution < -0.4 is 5.32 Å². The van der Waals surface area contributed by atoms with Gasteiger partial charge in [0.05, 0.1) is 12.1 Å². The van der Waals surface area contributed by atoms with Crippen molar-refractivity contribution >= 4 is 11.8 Å². The summed E-state index contributed by atoms with van der Waals surface area (Å²) in [6, 6.07) is -0.932. The number of carbonyl (C=O) groups is 2. The molecule has 0 radical (unpaired) electrons. The lowest BCUT2D eigenvalue weighted by Gasteiger charge is -2.31. The van der Waals surface area contributed by atoms with E-state index in [1.807, 2.05) is 0 Å². The Bertz CT molecular complexity index is 413. The van der Waals surface area contributed by atoms with Crippen molar-refractivity contribution in [2.45, 2.75) is 44.2 Å². The van der Waals surface area contributed by atoms with E-state index < -0.39 is 6.03 Å². The topological polar surface area (TPSA) is 91.3 Å². The Hall–Kier alpha value is -1.22. The van der Waals surface area contributed by atoms with Gasteiger partial charge >= 0.3 is 6.03 Å². The van der Waals surface area contributed by atoms with Crippen LogP contribution in [0.2, 0.25) is 0 Å². The molecule has 3 rings (SSSR count). The maximum Gasteiger partial charge on any atom is 0.347 e. The molecular weight excluding hydrogens is 278 g/mol. The quantitative estimate of drug-likeness (QED) is 0.569. The van der Waals surface area contributed by atoms with Crippen molar-refractivity contribution in [3.05, 3.63) is 0 Å². The van der Waals surface area contributed by atoms with Crippen LogP contribution in [0, 0.1) is 5.92 Å². The SMILES string of the molecule is O=C(CC1CCNCC1)C1CC[C@@H]2CN1C(=O)N2OOO.